The lowest BCUT2D eigenvalue weighted by atomic mass is 9.75. The molecule has 1 N–H and O–H groups in total. The van der Waals surface area contributed by atoms with E-state index in [1.165, 1.54) is 18.2 Å². The molecule has 2 fully saturated rings. The maximum atomic E-state index is 12.9. The molecule has 8 nitrogen and oxygen atoms in total. The van der Waals surface area contributed by atoms with E-state index < -0.39 is 33.9 Å². The number of hydrogen-bond donors (Lipinski definition) is 1. The number of nitrogens with one attached hydrogen (secondary N) is 1. The number of nitro groups is 1. The van der Waals surface area contributed by atoms with Gasteiger partial charge in [-0.25, -0.2) is 0 Å². The molecule has 1 amide bonds. The smallest absolute Gasteiger partial charge is 0.307 e. The Morgan fingerprint density at radius 2 is 2.15 bits per heavy atom. The van der Waals surface area contributed by atoms with Crippen molar-refractivity contribution < 1.29 is 24.0 Å². The number of benzene rings is 1. The van der Waals surface area contributed by atoms with Crippen LogP contribution in [0.3, 0.4) is 0 Å². The van der Waals surface area contributed by atoms with E-state index in [-0.39, 0.29) is 22.8 Å². The topological polar surface area (TPSA) is 108 Å². The number of carbonyl (C=O) groups excluding carboxylic acids is 2. The molecule has 0 aliphatic carbocycles. The summed E-state index contributed by atoms with van der Waals surface area (Å²) in [5.41, 5.74) is -1.76. The molecule has 2 heterocycles. The Labute approximate surface area is 154 Å². The number of hydrogen-bond acceptors (Lipinski definition) is 6. The molecule has 140 valence electrons. The second-order valence-corrected chi connectivity index (χ2v) is 7.67. The number of esters is 1. The second-order valence-electron chi connectivity index (χ2n) is 7.24. The van der Waals surface area contributed by atoms with Gasteiger partial charge >= 0.3 is 5.97 Å². The average Bonchev–Trinajstić information content (AvgIpc) is 2.83. The molecule has 2 aliphatic heterocycles. The zero-order chi connectivity index (χ0) is 19.1. The molecule has 0 radical (unpaired) electrons. The fourth-order valence-electron chi connectivity index (χ4n) is 3.75. The third kappa shape index (κ3) is 3.52. The van der Waals surface area contributed by atoms with Gasteiger partial charge in [0.2, 0.25) is 5.91 Å². The van der Waals surface area contributed by atoms with E-state index in [1.54, 1.807) is 0 Å². The molecule has 0 unspecified atom stereocenters. The minimum Gasteiger partial charge on any atom is -0.458 e. The zero-order valence-corrected chi connectivity index (χ0v) is 15.2. The van der Waals surface area contributed by atoms with E-state index in [9.17, 15) is 19.7 Å². The fourth-order valence-corrected chi connectivity index (χ4v) is 3.92. The molecule has 1 aromatic rings. The van der Waals surface area contributed by atoms with Crippen molar-refractivity contribution in [3.05, 3.63) is 33.3 Å². The number of nitrogens with zero attached hydrogens (tertiary/aromatic N) is 1. The minimum absolute atomic E-state index is 0.0326. The lowest BCUT2D eigenvalue weighted by Gasteiger charge is -2.43. The molecule has 26 heavy (non-hydrogen) atoms. The van der Waals surface area contributed by atoms with E-state index in [0.717, 1.165) is 0 Å². The molecule has 3 rings (SSSR count). The summed E-state index contributed by atoms with van der Waals surface area (Å²) < 4.78 is 11.2. The van der Waals surface area contributed by atoms with Crippen LogP contribution in [0, 0.1) is 16.0 Å². The zero-order valence-electron chi connectivity index (χ0n) is 14.4. The summed E-state index contributed by atoms with van der Waals surface area (Å²) in [6, 6.07) is 3.99. The second kappa shape index (κ2) is 6.51. The minimum atomic E-state index is -0.954. The van der Waals surface area contributed by atoms with Crippen LogP contribution in [0.5, 0.6) is 0 Å². The van der Waals surface area contributed by atoms with Crippen molar-refractivity contribution in [1.82, 2.24) is 0 Å². The molecule has 2 saturated heterocycles. The van der Waals surface area contributed by atoms with Crippen molar-refractivity contribution in [3.63, 3.8) is 0 Å². The van der Waals surface area contributed by atoms with Crippen LogP contribution in [-0.2, 0) is 19.1 Å². The predicted molar refractivity (Wildman–Crippen MR) is 92.9 cm³/mol. The fraction of sp³-hybridized carbons (Fsp3) is 0.529. The summed E-state index contributed by atoms with van der Waals surface area (Å²) in [5, 5.41) is 14.0. The highest BCUT2D eigenvalue weighted by atomic mass is 35.5. The third-order valence-corrected chi connectivity index (χ3v) is 5.03. The van der Waals surface area contributed by atoms with E-state index >= 15 is 0 Å². The van der Waals surface area contributed by atoms with Gasteiger partial charge in [-0.15, -0.1) is 0 Å². The Morgan fingerprint density at radius 1 is 1.42 bits per heavy atom. The first-order valence-electron chi connectivity index (χ1n) is 8.22. The quantitative estimate of drug-likeness (QED) is 0.489. The summed E-state index contributed by atoms with van der Waals surface area (Å²) in [4.78, 5) is 35.4. The third-order valence-electron chi connectivity index (χ3n) is 4.80. The van der Waals surface area contributed by atoms with Gasteiger partial charge in [-0.3, -0.25) is 19.7 Å². The number of halogens is 1. The van der Waals surface area contributed by atoms with Gasteiger partial charge in [-0.2, -0.15) is 0 Å². The molecule has 0 saturated carbocycles. The number of anilines is 1. The highest BCUT2D eigenvalue weighted by Crippen LogP contribution is 2.46. The molecular weight excluding hydrogens is 364 g/mol. The maximum absolute atomic E-state index is 12.9. The first-order chi connectivity index (χ1) is 12.1. The van der Waals surface area contributed by atoms with Crippen molar-refractivity contribution in [2.24, 2.45) is 5.92 Å². The predicted octanol–water partition coefficient (Wildman–Crippen LogP) is 3.08. The number of ether oxygens (including phenoxy) is 2. The van der Waals surface area contributed by atoms with Crippen LogP contribution in [0.2, 0.25) is 5.02 Å². The summed E-state index contributed by atoms with van der Waals surface area (Å²) in [5.74, 6) is -1.68. The van der Waals surface area contributed by atoms with Crippen LogP contribution >= 0.6 is 11.6 Å². The number of nitro benzene ring substituents is 1. The Balaban J connectivity index is 1.87. The molecule has 2 atom stereocenters. The number of carbonyl (C=O) groups is 2. The van der Waals surface area contributed by atoms with Gasteiger partial charge in [0.25, 0.3) is 5.69 Å². The van der Waals surface area contributed by atoms with E-state index in [4.69, 9.17) is 21.1 Å². The van der Waals surface area contributed by atoms with Gasteiger partial charge in [0, 0.05) is 23.9 Å². The Morgan fingerprint density at radius 3 is 2.81 bits per heavy atom. The van der Waals surface area contributed by atoms with Gasteiger partial charge in [-0.1, -0.05) is 11.6 Å². The molecule has 0 aromatic heterocycles. The van der Waals surface area contributed by atoms with Crippen LogP contribution in [0.15, 0.2) is 18.2 Å². The van der Waals surface area contributed by atoms with Crippen molar-refractivity contribution in [3.8, 4) is 0 Å². The highest BCUT2D eigenvalue weighted by Gasteiger charge is 2.56. The van der Waals surface area contributed by atoms with Gasteiger partial charge < -0.3 is 14.8 Å². The lowest BCUT2D eigenvalue weighted by Crippen LogP contribution is -2.52. The van der Waals surface area contributed by atoms with Crippen LogP contribution in [0.4, 0.5) is 11.4 Å². The largest absolute Gasteiger partial charge is 0.458 e. The maximum Gasteiger partial charge on any atom is 0.307 e. The van der Waals surface area contributed by atoms with Crippen molar-refractivity contribution in [2.45, 2.75) is 44.3 Å². The SMILES string of the molecule is CC1(C)C[C@]2(CCO1)OC(=O)C[C@@H]2C(=O)Nc1ccc(Cl)cc1[N+](=O)[O-]. The van der Waals surface area contributed by atoms with Gasteiger partial charge in [0.15, 0.2) is 0 Å². The first kappa shape index (κ1) is 18.6. The Kier molecular flexibility index (Phi) is 4.66. The van der Waals surface area contributed by atoms with Gasteiger partial charge in [0.05, 0.1) is 29.5 Å². The van der Waals surface area contributed by atoms with Crippen LogP contribution in [-0.4, -0.2) is 34.6 Å². The van der Waals surface area contributed by atoms with Gasteiger partial charge in [0.1, 0.15) is 11.3 Å². The molecule has 2 aliphatic rings. The van der Waals surface area contributed by atoms with Gasteiger partial charge in [-0.05, 0) is 26.0 Å². The number of amides is 1. The van der Waals surface area contributed by atoms with Crippen LogP contribution < -0.4 is 5.32 Å². The van der Waals surface area contributed by atoms with E-state index in [2.05, 4.69) is 5.32 Å². The van der Waals surface area contributed by atoms with Crippen molar-refractivity contribution in [1.29, 1.82) is 0 Å². The molecular formula is C17H19ClN2O6. The number of rotatable bonds is 3. The van der Waals surface area contributed by atoms with Crippen LogP contribution in [0.1, 0.15) is 33.1 Å². The average molecular weight is 383 g/mol. The summed E-state index contributed by atoms with van der Waals surface area (Å²) in [6.07, 6.45) is 0.721. The molecule has 1 spiro atoms. The standard InChI is InChI=1S/C17H19ClN2O6/c1-16(2)9-17(5-6-25-16)11(8-14(21)26-17)15(22)19-12-4-3-10(18)7-13(12)20(23)24/h3-4,7,11H,5-6,8-9H2,1-2H3,(H,19,22)/t11-,17+/m1/s1. The van der Waals surface area contributed by atoms with E-state index in [0.29, 0.717) is 19.4 Å². The summed E-state index contributed by atoms with van der Waals surface area (Å²) in [6.45, 7) is 4.11. The van der Waals surface area contributed by atoms with Crippen molar-refractivity contribution in [2.75, 3.05) is 11.9 Å². The van der Waals surface area contributed by atoms with E-state index in [1.807, 2.05) is 13.8 Å². The van der Waals surface area contributed by atoms with Crippen molar-refractivity contribution >= 4 is 34.9 Å². The molecule has 9 heteroatoms. The Bertz CT molecular complexity index is 781. The molecule has 1 aromatic carbocycles. The lowest BCUT2D eigenvalue weighted by molar-refractivity contribution is -0.383. The van der Waals surface area contributed by atoms with Crippen LogP contribution in [0.25, 0.3) is 0 Å². The Hall–Kier alpha value is -2.19. The first-order valence-corrected chi connectivity index (χ1v) is 8.60. The molecule has 0 bridgehead atoms. The highest BCUT2D eigenvalue weighted by molar-refractivity contribution is 6.31. The monoisotopic (exact) mass is 382 g/mol. The summed E-state index contributed by atoms with van der Waals surface area (Å²) >= 11 is 5.80. The summed E-state index contributed by atoms with van der Waals surface area (Å²) in [7, 11) is 0. The normalized spacial score (nSPS) is 27.2.